The molecule has 3 rings (SSSR count). The smallest absolute Gasteiger partial charge is 0.425 e. The maximum absolute atomic E-state index is 14.2. The highest BCUT2D eigenvalue weighted by Gasteiger charge is 2.41. The largest absolute Gasteiger partial charge is 0.490 e. The third kappa shape index (κ3) is 7.22. The Bertz CT molecular complexity index is 996. The number of benzene rings is 1. The molecule has 12 heteroatoms. The summed E-state index contributed by atoms with van der Waals surface area (Å²) in [5, 5.41) is 0. The zero-order valence-corrected chi connectivity index (χ0v) is 20.9. The maximum Gasteiger partial charge on any atom is 0.425 e. The van der Waals surface area contributed by atoms with Crippen LogP contribution >= 0.6 is 0 Å². The molecule has 35 heavy (non-hydrogen) atoms. The van der Waals surface area contributed by atoms with Gasteiger partial charge in [0.15, 0.2) is 27.5 Å². The minimum Gasteiger partial charge on any atom is -0.490 e. The minimum absolute atomic E-state index is 0.0160. The Balaban J connectivity index is 1.44. The highest BCUT2D eigenvalue weighted by Crippen LogP contribution is 2.31. The van der Waals surface area contributed by atoms with Gasteiger partial charge in [0.2, 0.25) is 0 Å². The van der Waals surface area contributed by atoms with Gasteiger partial charge >= 0.3 is 12.3 Å². The van der Waals surface area contributed by atoms with E-state index in [-0.39, 0.29) is 22.6 Å². The zero-order valence-electron chi connectivity index (χ0n) is 20.1. The Labute approximate surface area is 203 Å². The van der Waals surface area contributed by atoms with E-state index in [9.17, 15) is 30.8 Å². The SMILES string of the molecule is CC1CN(C(=O)O[C@H](C)C(F)(F)F)CCN1C1CCC(COc2ccc(S(C)(=O)=O)cc2F)CC1. The van der Waals surface area contributed by atoms with Crippen LogP contribution in [0.3, 0.4) is 0 Å². The second-order valence-corrected chi connectivity index (χ2v) is 11.5. The molecule has 0 N–H and O–H groups in total. The van der Waals surface area contributed by atoms with Crippen molar-refractivity contribution < 1.29 is 40.2 Å². The van der Waals surface area contributed by atoms with E-state index < -0.39 is 34.0 Å². The van der Waals surface area contributed by atoms with Gasteiger partial charge in [0.1, 0.15) is 0 Å². The molecule has 0 bridgehead atoms. The van der Waals surface area contributed by atoms with E-state index >= 15 is 0 Å². The number of amides is 1. The Morgan fingerprint density at radius 1 is 1.17 bits per heavy atom. The number of hydrogen-bond acceptors (Lipinski definition) is 6. The molecule has 1 saturated heterocycles. The van der Waals surface area contributed by atoms with Gasteiger partial charge in [-0.25, -0.2) is 17.6 Å². The second-order valence-electron chi connectivity index (χ2n) is 9.45. The molecule has 198 valence electrons. The molecule has 2 atom stereocenters. The molecule has 1 amide bonds. The molecule has 1 aliphatic carbocycles. The number of hydrogen-bond donors (Lipinski definition) is 0. The van der Waals surface area contributed by atoms with Crippen LogP contribution in [0.2, 0.25) is 0 Å². The molecule has 1 unspecified atom stereocenters. The number of halogens is 4. The maximum atomic E-state index is 14.2. The minimum atomic E-state index is -4.59. The first kappa shape index (κ1) is 27.5. The van der Waals surface area contributed by atoms with Crippen LogP contribution in [-0.2, 0) is 14.6 Å². The summed E-state index contributed by atoms with van der Waals surface area (Å²) >= 11 is 0. The van der Waals surface area contributed by atoms with E-state index in [1.54, 1.807) is 0 Å². The quantitative estimate of drug-likeness (QED) is 0.518. The lowest BCUT2D eigenvalue weighted by molar-refractivity contribution is -0.200. The molecule has 1 aliphatic heterocycles. The number of carbonyl (C=O) groups is 1. The van der Waals surface area contributed by atoms with Crippen LogP contribution in [0.15, 0.2) is 23.1 Å². The topological polar surface area (TPSA) is 76.2 Å². The first-order valence-corrected chi connectivity index (χ1v) is 13.5. The molecule has 7 nitrogen and oxygen atoms in total. The van der Waals surface area contributed by atoms with Gasteiger partial charge in [0, 0.05) is 38.0 Å². The van der Waals surface area contributed by atoms with Crippen LogP contribution in [0.1, 0.15) is 39.5 Å². The van der Waals surface area contributed by atoms with Crippen molar-refractivity contribution in [1.29, 1.82) is 0 Å². The normalized spacial score (nSPS) is 25.2. The first-order valence-electron chi connectivity index (χ1n) is 11.7. The van der Waals surface area contributed by atoms with Crippen LogP contribution in [-0.4, -0.2) is 81.2 Å². The van der Waals surface area contributed by atoms with Gasteiger partial charge in [0.25, 0.3) is 0 Å². The van der Waals surface area contributed by atoms with Gasteiger partial charge in [-0.2, -0.15) is 13.2 Å². The summed E-state index contributed by atoms with van der Waals surface area (Å²) in [5.41, 5.74) is 0. The fourth-order valence-electron chi connectivity index (χ4n) is 4.65. The number of nitrogens with zero attached hydrogens (tertiary/aromatic N) is 2. The summed E-state index contributed by atoms with van der Waals surface area (Å²) in [6.07, 6.45) is -3.14. The summed E-state index contributed by atoms with van der Waals surface area (Å²) in [4.78, 5) is 15.6. The molecule has 1 aromatic carbocycles. The first-order chi connectivity index (χ1) is 16.3. The molecular weight excluding hydrogens is 492 g/mol. The van der Waals surface area contributed by atoms with Gasteiger partial charge in [-0.3, -0.25) is 4.90 Å². The van der Waals surface area contributed by atoms with E-state index in [0.29, 0.717) is 32.3 Å². The van der Waals surface area contributed by atoms with E-state index in [2.05, 4.69) is 9.64 Å². The Morgan fingerprint density at radius 2 is 1.83 bits per heavy atom. The van der Waals surface area contributed by atoms with Crippen LogP contribution in [0.4, 0.5) is 22.4 Å². The standard InChI is InChI=1S/C23H32F4N2O5S/c1-15-13-28(22(30)34-16(2)23(25,26)27)10-11-29(15)18-6-4-17(5-7-18)14-33-21-9-8-19(12-20(21)24)35(3,31)32/h8-9,12,15-18H,4-7,10-11,13-14H2,1-3H3/t15?,16-,17?,18?/m1/s1. The lowest BCUT2D eigenvalue weighted by Gasteiger charge is -2.45. The molecule has 1 saturated carbocycles. The lowest BCUT2D eigenvalue weighted by Crippen LogP contribution is -2.57. The molecule has 0 radical (unpaired) electrons. The Hall–Kier alpha value is -2.08. The average Bonchev–Trinajstić information content (AvgIpc) is 2.77. The fourth-order valence-corrected chi connectivity index (χ4v) is 5.29. The molecule has 1 heterocycles. The van der Waals surface area contributed by atoms with Crippen molar-refractivity contribution in [2.24, 2.45) is 5.92 Å². The van der Waals surface area contributed by atoms with E-state index in [1.165, 1.54) is 17.0 Å². The van der Waals surface area contributed by atoms with Gasteiger partial charge < -0.3 is 14.4 Å². The Morgan fingerprint density at radius 3 is 2.37 bits per heavy atom. The number of sulfone groups is 1. The van der Waals surface area contributed by atoms with Crippen LogP contribution in [0.25, 0.3) is 0 Å². The lowest BCUT2D eigenvalue weighted by atomic mass is 9.85. The molecule has 2 aliphatic rings. The molecule has 0 aromatic heterocycles. The third-order valence-corrected chi connectivity index (χ3v) is 7.88. The number of alkyl halides is 3. The van der Waals surface area contributed by atoms with Gasteiger partial charge in [-0.1, -0.05) is 0 Å². The van der Waals surface area contributed by atoms with Crippen LogP contribution in [0.5, 0.6) is 5.75 Å². The zero-order chi connectivity index (χ0) is 26.0. The van der Waals surface area contributed by atoms with Gasteiger partial charge in [0.05, 0.1) is 11.5 Å². The highest BCUT2D eigenvalue weighted by atomic mass is 32.2. The van der Waals surface area contributed by atoms with Crippen molar-refractivity contribution in [2.75, 3.05) is 32.5 Å². The third-order valence-electron chi connectivity index (χ3n) is 6.77. The average molecular weight is 525 g/mol. The number of rotatable bonds is 6. The van der Waals surface area contributed by atoms with Gasteiger partial charge in [-0.05, 0) is 63.6 Å². The monoisotopic (exact) mass is 524 g/mol. The predicted molar refractivity (Wildman–Crippen MR) is 120 cm³/mol. The molecule has 1 aromatic rings. The highest BCUT2D eigenvalue weighted by molar-refractivity contribution is 7.90. The van der Waals surface area contributed by atoms with Crippen LogP contribution < -0.4 is 4.74 Å². The number of piperazine rings is 1. The van der Waals surface area contributed by atoms with Crippen LogP contribution in [0, 0.1) is 11.7 Å². The summed E-state index contributed by atoms with van der Waals surface area (Å²) in [6, 6.07) is 3.89. The Kier molecular flexibility index (Phi) is 8.56. The van der Waals surface area contributed by atoms with Crippen molar-refractivity contribution >= 4 is 15.9 Å². The second kappa shape index (κ2) is 10.9. The summed E-state index contributed by atoms with van der Waals surface area (Å²) in [5.74, 6) is -0.455. The summed E-state index contributed by atoms with van der Waals surface area (Å²) in [6.45, 7) is 4.26. The molecule has 2 fully saturated rings. The number of carbonyl (C=O) groups excluding carboxylic acids is 1. The van der Waals surface area contributed by atoms with Crippen molar-refractivity contribution in [1.82, 2.24) is 9.80 Å². The fraction of sp³-hybridized carbons (Fsp3) is 0.696. The summed E-state index contributed by atoms with van der Waals surface area (Å²) in [7, 11) is -3.49. The van der Waals surface area contributed by atoms with Gasteiger partial charge in [-0.15, -0.1) is 0 Å². The van der Waals surface area contributed by atoms with E-state index in [4.69, 9.17) is 4.74 Å². The predicted octanol–water partition coefficient (Wildman–Crippen LogP) is 4.26. The molecule has 0 spiro atoms. The van der Waals surface area contributed by atoms with Crippen molar-refractivity contribution in [3.05, 3.63) is 24.0 Å². The van der Waals surface area contributed by atoms with Crippen molar-refractivity contribution in [3.63, 3.8) is 0 Å². The summed E-state index contributed by atoms with van der Waals surface area (Å²) < 4.78 is 85.5. The molecular formula is C23H32F4N2O5S. The number of ether oxygens (including phenoxy) is 2. The van der Waals surface area contributed by atoms with E-state index in [0.717, 1.165) is 44.9 Å². The van der Waals surface area contributed by atoms with Crippen molar-refractivity contribution in [3.8, 4) is 5.75 Å². The van der Waals surface area contributed by atoms with E-state index in [1.807, 2.05) is 6.92 Å². The van der Waals surface area contributed by atoms with Crippen molar-refractivity contribution in [2.45, 2.75) is 68.8 Å².